The molecule has 704 valence electrons. The summed E-state index contributed by atoms with van der Waals surface area (Å²) in [6.45, 7) is 17.8. The van der Waals surface area contributed by atoms with E-state index < -0.39 is 55.5 Å². The van der Waals surface area contributed by atoms with Gasteiger partial charge in [0.25, 0.3) is 36.0 Å². The van der Waals surface area contributed by atoms with Crippen LogP contribution in [0.25, 0.3) is 76.4 Å². The predicted molar refractivity (Wildman–Crippen MR) is 499 cm³/mol. The molecule has 0 aromatic carbocycles. The molecule has 19 rings (SSSR count). The van der Waals surface area contributed by atoms with Gasteiger partial charge in [-0.05, 0) is 122 Å². The molecular weight excluding hydrogens is 1840 g/mol. The Labute approximate surface area is 785 Å². The highest BCUT2D eigenvalue weighted by molar-refractivity contribution is 7.14. The van der Waals surface area contributed by atoms with Gasteiger partial charge in [0.2, 0.25) is 17.8 Å². The first-order valence-corrected chi connectivity index (χ1v) is 50.3. The van der Waals surface area contributed by atoms with E-state index in [4.69, 9.17) is 54.6 Å². The lowest BCUT2D eigenvalue weighted by molar-refractivity contribution is -0.122. The van der Waals surface area contributed by atoms with Crippen LogP contribution in [0.2, 0.25) is 25.7 Å². The van der Waals surface area contributed by atoms with Gasteiger partial charge < -0.3 is 55.8 Å². The maximum Gasteiger partial charge on any atom is 0.290 e. The number of hydrogen-bond donors (Lipinski definition) is 9. The number of aromatic amines is 3. The highest BCUT2D eigenvalue weighted by atomic mass is 32.1. The smallest absolute Gasteiger partial charge is 0.290 e. The van der Waals surface area contributed by atoms with Crippen molar-refractivity contribution >= 4 is 112 Å². The number of ether oxygens (including phenoxy) is 5. The number of carbonyl (C=O) groups excluding carboxylic acids is 5. The first kappa shape index (κ1) is 95.9. The maximum absolute atomic E-state index is 15.0. The number of nitrogens with two attached hydrogens (primary N) is 1. The summed E-state index contributed by atoms with van der Waals surface area (Å²) in [7, 11) is -1.23. The number of rotatable bonds is 33. The van der Waals surface area contributed by atoms with Gasteiger partial charge in [0.1, 0.15) is 66.6 Å². The largest absolute Gasteiger partial charge is 0.483 e. The second kappa shape index (κ2) is 44.4. The number of amides is 5. The number of carbonyl (C=O) groups is 6. The molecule has 0 spiro atoms. The van der Waals surface area contributed by atoms with Gasteiger partial charge in [-0.15, -0.1) is 45.3 Å². The Morgan fingerprint density at radius 3 is 1.19 bits per heavy atom. The van der Waals surface area contributed by atoms with E-state index in [2.05, 4.69) is 117 Å². The van der Waals surface area contributed by atoms with Gasteiger partial charge >= 0.3 is 0 Å². The van der Waals surface area contributed by atoms with Crippen molar-refractivity contribution in [2.75, 3.05) is 54.3 Å². The van der Waals surface area contributed by atoms with Gasteiger partial charge in [-0.3, -0.25) is 77.7 Å². The van der Waals surface area contributed by atoms with Crippen LogP contribution in [-0.2, 0) is 35.2 Å². The Hall–Kier alpha value is -13.7. The van der Waals surface area contributed by atoms with Gasteiger partial charge in [-0.25, -0.2) is 24.6 Å². The molecule has 4 aliphatic carbocycles. The van der Waals surface area contributed by atoms with Crippen molar-refractivity contribution in [3.05, 3.63) is 197 Å². The van der Waals surface area contributed by atoms with Crippen LogP contribution < -0.4 is 27.0 Å². The summed E-state index contributed by atoms with van der Waals surface area (Å²) in [6, 6.07) is 18.3. The topological polar surface area (TPSA) is 508 Å². The summed E-state index contributed by atoms with van der Waals surface area (Å²) >= 11 is 4.85. The van der Waals surface area contributed by atoms with Gasteiger partial charge in [0, 0.05) is 118 Å². The van der Waals surface area contributed by atoms with E-state index in [0.717, 1.165) is 63.0 Å². The number of halogens is 3. The molecule has 135 heavy (non-hydrogen) atoms. The van der Waals surface area contributed by atoms with Crippen molar-refractivity contribution in [1.29, 1.82) is 0 Å². The number of aromatic nitrogens is 23. The fourth-order valence-electron chi connectivity index (χ4n) is 14.5. The Balaban J connectivity index is 0.000000137. The van der Waals surface area contributed by atoms with E-state index in [-0.39, 0.29) is 113 Å². The minimum Gasteiger partial charge on any atom is -0.483 e. The van der Waals surface area contributed by atoms with Crippen LogP contribution in [0.1, 0.15) is 156 Å². The fraction of sp³-hybridized carbons (Fsp3) is 0.345. The van der Waals surface area contributed by atoms with Gasteiger partial charge in [-0.1, -0.05) is 37.8 Å². The number of primary amides is 1. The molecule has 15 aromatic heterocycles. The first-order valence-electron chi connectivity index (χ1n) is 43.1. The third-order valence-electron chi connectivity index (χ3n) is 21.8. The third-order valence-corrected chi connectivity index (χ3v) is 27.0. The standard InChI is InChI=1S/C27H34FN7O3SSi.2C21H20FN7O2S.C17H19N7O3S.CH2O2/c1-5-38-19-12-18(13-19)34-15-22(24(33-34)21-8-6-7-9-29-21)31-26(36)23-16-39-27(32-23)20-14-30-35(25(20)28)17-37-10-11-40(2,3)4;2*1-2-31-13-7-12(8-13)29-10-16(18(28-29)15-5-3-4-6-23-15)25-20(30)17-11-32-21(26-17)14-9-24-27-19(14)22;1-2-27-11-3-10(4-11)24-7-12(14(23-24)15(18)25)21-16(26)13-8-28-17(22-13)9-5-19-20-6-9;2-1-3/h6-9,14-16,18-19H,5,10-13,17H2,1-4H3,(H,31,36);2*3-6,9-13H,2,7-8H2,1H3,(H,24,27)(H,25,30);5-8,10-11H,2-4H2,1H3,(H2,18,25)(H,19,20)(H,21,26);1H,(H,2,3). The summed E-state index contributed by atoms with van der Waals surface area (Å²) in [5, 5.41) is 67.4. The van der Waals surface area contributed by atoms with Gasteiger partial charge in [0.05, 0.1) is 130 Å². The lowest BCUT2D eigenvalue weighted by Gasteiger charge is -2.34. The van der Waals surface area contributed by atoms with E-state index in [1.165, 1.54) is 68.6 Å². The van der Waals surface area contributed by atoms with Gasteiger partial charge in [0.15, 0.2) is 5.69 Å². The monoisotopic (exact) mass is 1940 g/mol. The molecule has 0 radical (unpaired) electrons. The van der Waals surface area contributed by atoms with E-state index in [1.807, 2.05) is 115 Å². The van der Waals surface area contributed by atoms with Crippen LogP contribution in [0.4, 0.5) is 35.9 Å². The van der Waals surface area contributed by atoms with Crippen LogP contribution in [0.5, 0.6) is 0 Å². The maximum atomic E-state index is 15.0. The quantitative estimate of drug-likeness (QED) is 0.0105. The Kier molecular flexibility index (Phi) is 31.5. The predicted octanol–water partition coefficient (Wildman–Crippen LogP) is 15.1. The van der Waals surface area contributed by atoms with E-state index >= 15 is 4.39 Å². The third kappa shape index (κ3) is 23.7. The van der Waals surface area contributed by atoms with Gasteiger partial charge in [-0.2, -0.15) is 54.0 Å². The van der Waals surface area contributed by atoms with Crippen LogP contribution in [0, 0.1) is 17.8 Å². The lowest BCUT2D eigenvalue weighted by atomic mass is 9.89. The molecular formula is C87H95F3N28O12S4Si. The Bertz CT molecular complexity index is 6290. The number of nitrogens with zero attached hydrogens (tertiary/aromatic N) is 20. The molecule has 0 aliphatic heterocycles. The molecule has 4 saturated carbocycles. The number of thiazole rings is 4. The van der Waals surface area contributed by atoms with Crippen molar-refractivity contribution in [3.63, 3.8) is 0 Å². The van der Waals surface area contributed by atoms with Crippen LogP contribution in [-0.4, -0.2) is 221 Å². The molecule has 40 nitrogen and oxygen atoms in total. The summed E-state index contributed by atoms with van der Waals surface area (Å²) in [4.78, 5) is 102. The molecule has 0 bridgehead atoms. The summed E-state index contributed by atoms with van der Waals surface area (Å²) in [5.74, 6) is -4.09. The second-order valence-corrected chi connectivity index (χ2v) is 41.3. The van der Waals surface area contributed by atoms with Crippen molar-refractivity contribution in [1.82, 2.24) is 114 Å². The molecule has 15 aromatic rings. The van der Waals surface area contributed by atoms with Crippen molar-refractivity contribution in [2.45, 2.75) is 160 Å². The molecule has 48 heteroatoms. The molecule has 0 atom stereocenters. The number of H-pyrrole nitrogens is 3. The first-order chi connectivity index (χ1) is 65.4. The second-order valence-electron chi connectivity index (χ2n) is 32.3. The average molecular weight is 1940 g/mol. The zero-order valence-corrected chi connectivity index (χ0v) is 78.2. The van der Waals surface area contributed by atoms with E-state index in [0.29, 0.717) is 104 Å². The van der Waals surface area contributed by atoms with Crippen LogP contribution in [0.3, 0.4) is 0 Å². The molecule has 10 N–H and O–H groups in total. The molecule has 5 amide bonds. The lowest BCUT2D eigenvalue weighted by Crippen LogP contribution is -2.33. The Morgan fingerprint density at radius 1 is 0.496 bits per heavy atom. The highest BCUT2D eigenvalue weighted by Gasteiger charge is 2.38. The minimum atomic E-state index is -1.23. The minimum absolute atomic E-state index is 0.0264. The zero-order valence-electron chi connectivity index (χ0n) is 74.0. The summed E-state index contributed by atoms with van der Waals surface area (Å²) in [6.07, 6.45) is 27.3. The molecule has 4 fully saturated rings. The number of nitrogens with one attached hydrogen (secondary N) is 7. The van der Waals surface area contributed by atoms with Crippen LogP contribution in [0.15, 0.2) is 150 Å². The zero-order chi connectivity index (χ0) is 94.8. The number of anilines is 4. The number of hydrogen-bond acceptors (Lipinski definition) is 30. The molecule has 4 aliphatic rings. The molecule has 0 saturated heterocycles. The average Bonchev–Trinajstić information content (AvgIpc) is 1.64. The van der Waals surface area contributed by atoms with Crippen LogP contribution >= 0.6 is 45.3 Å². The highest BCUT2D eigenvalue weighted by Crippen LogP contribution is 2.42. The molecule has 15 heterocycles. The molecule has 0 unspecified atom stereocenters. The number of carboxylic acid groups (broad SMARTS) is 1. The fourth-order valence-corrected chi connectivity index (χ4v) is 18.5. The summed E-state index contributed by atoms with van der Waals surface area (Å²) in [5.41, 5.74) is 13.3. The Morgan fingerprint density at radius 2 is 0.852 bits per heavy atom. The van der Waals surface area contributed by atoms with Crippen molar-refractivity contribution in [3.8, 4) is 76.4 Å². The SMILES string of the molecule is CCOC1CC(n2cc(NC(=O)c3csc(-c4cn[nH]c4)n3)c(C(N)=O)n2)C1.CCOC1CC(n2cc(NC(=O)c3csc(-c4cn[nH]c4F)n3)c(-c3ccccn3)n2)C1.CCOC1CC(n2cc(NC(=O)c3csc(-c4cn[nH]c4F)n3)c(-c3ccccn3)n2)C1.CCOC1CC(n2cc(NC(=O)c3csc(-c4cnn(COCC[Si](C)(C)C)c4F)n3)c(-c3ccccn3)n2)C1.O=CO. The summed E-state index contributed by atoms with van der Waals surface area (Å²) < 4.78 is 79.1. The van der Waals surface area contributed by atoms with Crippen molar-refractivity contribution < 1.29 is 70.7 Å². The van der Waals surface area contributed by atoms with E-state index in [9.17, 15) is 32.8 Å². The number of pyridine rings is 3. The van der Waals surface area contributed by atoms with E-state index in [1.54, 1.807) is 63.4 Å². The normalized spacial score (nSPS) is 17.5. The van der Waals surface area contributed by atoms with Crippen molar-refractivity contribution in [2.24, 2.45) is 5.73 Å².